The van der Waals surface area contributed by atoms with Gasteiger partial charge in [-0.15, -0.1) is 23.5 Å². The maximum atomic E-state index is 12.0. The number of allylic oxidation sites excluding steroid dienone is 5. The van der Waals surface area contributed by atoms with Crippen LogP contribution in [0.25, 0.3) is 0 Å². The van der Waals surface area contributed by atoms with E-state index in [2.05, 4.69) is 31.0 Å². The van der Waals surface area contributed by atoms with E-state index in [-0.39, 0.29) is 5.91 Å². The Bertz CT molecular complexity index is 548. The Hall–Kier alpha value is -1.40. The molecular weight excluding hydrogens is 318 g/mol. The molecule has 0 fully saturated rings. The second-order valence-electron chi connectivity index (χ2n) is 4.63. The zero-order valence-electron chi connectivity index (χ0n) is 13.1. The molecule has 120 valence electrons. The number of methoxy groups -OCH3 is 1. The maximum Gasteiger partial charge on any atom is 0.346 e. The molecule has 22 heavy (non-hydrogen) atoms. The summed E-state index contributed by atoms with van der Waals surface area (Å²) in [5.74, 6) is -0.340. The van der Waals surface area contributed by atoms with Crippen molar-refractivity contribution < 1.29 is 14.3 Å². The molecule has 1 N–H and O–H groups in total. The van der Waals surface area contributed by atoms with Gasteiger partial charge in [-0.1, -0.05) is 24.3 Å². The van der Waals surface area contributed by atoms with Gasteiger partial charge in [0.05, 0.1) is 18.6 Å². The first-order valence-electron chi connectivity index (χ1n) is 6.79. The van der Waals surface area contributed by atoms with Crippen LogP contribution in [-0.2, 0) is 14.3 Å². The van der Waals surface area contributed by atoms with E-state index in [1.54, 1.807) is 6.26 Å². The van der Waals surface area contributed by atoms with E-state index in [0.717, 1.165) is 12.8 Å². The number of rotatable bonds is 7. The fraction of sp³-hybridized carbons (Fsp3) is 0.375. The van der Waals surface area contributed by atoms with Crippen LogP contribution in [0.2, 0.25) is 0 Å². The summed E-state index contributed by atoms with van der Waals surface area (Å²) in [5, 5.41) is 2.72. The smallest absolute Gasteiger partial charge is 0.346 e. The first-order chi connectivity index (χ1) is 10.5. The number of nitrogens with one attached hydrogen (secondary N) is 1. The highest BCUT2D eigenvalue weighted by Gasteiger charge is 2.16. The number of amides is 1. The van der Waals surface area contributed by atoms with Crippen molar-refractivity contribution in [1.29, 1.82) is 0 Å². The second kappa shape index (κ2) is 9.58. The van der Waals surface area contributed by atoms with Crippen LogP contribution < -0.4 is 5.32 Å². The van der Waals surface area contributed by atoms with E-state index in [9.17, 15) is 9.59 Å². The quantitative estimate of drug-likeness (QED) is 0.438. The van der Waals surface area contributed by atoms with Crippen molar-refractivity contribution in [3.05, 3.63) is 45.9 Å². The summed E-state index contributed by atoms with van der Waals surface area (Å²) >= 11 is 2.73. The van der Waals surface area contributed by atoms with Crippen molar-refractivity contribution in [2.45, 2.75) is 19.8 Å². The number of carbonyl (C=O) groups excluding carboxylic acids is 2. The average molecular weight is 339 g/mol. The van der Waals surface area contributed by atoms with E-state index in [4.69, 9.17) is 4.74 Å². The van der Waals surface area contributed by atoms with Crippen LogP contribution in [0, 0.1) is 0 Å². The van der Waals surface area contributed by atoms with Crippen molar-refractivity contribution in [2.24, 2.45) is 0 Å². The highest BCUT2D eigenvalue weighted by molar-refractivity contribution is 8.03. The Kier molecular flexibility index (Phi) is 8.12. The van der Waals surface area contributed by atoms with Gasteiger partial charge in [-0.25, -0.2) is 4.79 Å². The van der Waals surface area contributed by atoms with Crippen molar-refractivity contribution in [1.82, 2.24) is 5.32 Å². The van der Waals surface area contributed by atoms with Crippen LogP contribution in [0.15, 0.2) is 45.9 Å². The van der Waals surface area contributed by atoms with Gasteiger partial charge in [0.1, 0.15) is 4.91 Å². The lowest BCUT2D eigenvalue weighted by molar-refractivity contribution is -0.135. The first kappa shape index (κ1) is 18.6. The number of hydrogen-bond acceptors (Lipinski definition) is 5. The predicted octanol–water partition coefficient (Wildman–Crippen LogP) is 3.39. The van der Waals surface area contributed by atoms with Gasteiger partial charge in [0.25, 0.3) is 0 Å². The molecule has 0 spiro atoms. The molecule has 0 bridgehead atoms. The lowest BCUT2D eigenvalue weighted by atomic mass is 10.1. The van der Waals surface area contributed by atoms with Crippen LogP contribution in [0.4, 0.5) is 0 Å². The largest absolute Gasteiger partial charge is 0.465 e. The summed E-state index contributed by atoms with van der Waals surface area (Å²) in [6.07, 6.45) is 9.36. The SMILES string of the molecule is C=C/C(NC(=O)CSC1=CC=C(C)CC1)=C(\SC)C(=O)OC. The van der Waals surface area contributed by atoms with Gasteiger partial charge in [0.15, 0.2) is 0 Å². The number of ether oxygens (including phenoxy) is 1. The summed E-state index contributed by atoms with van der Waals surface area (Å²) in [6, 6.07) is 0. The van der Waals surface area contributed by atoms with E-state index in [0.29, 0.717) is 16.4 Å². The Morgan fingerprint density at radius 3 is 2.64 bits per heavy atom. The number of hydrogen-bond donors (Lipinski definition) is 1. The topological polar surface area (TPSA) is 55.4 Å². The van der Waals surface area contributed by atoms with Crippen molar-refractivity contribution in [3.8, 4) is 0 Å². The van der Waals surface area contributed by atoms with E-state index in [1.807, 2.05) is 0 Å². The molecule has 0 unspecified atom stereocenters. The molecule has 1 aliphatic rings. The number of carbonyl (C=O) groups is 2. The molecule has 0 radical (unpaired) electrons. The summed E-state index contributed by atoms with van der Waals surface area (Å²) in [7, 11) is 1.31. The first-order valence-corrected chi connectivity index (χ1v) is 9.00. The Morgan fingerprint density at radius 2 is 2.14 bits per heavy atom. The molecule has 0 aromatic carbocycles. The fourth-order valence-electron chi connectivity index (χ4n) is 1.78. The molecule has 6 heteroatoms. The standard InChI is InChI=1S/C16H21NO3S2/c1-5-13(15(21-4)16(19)20-3)17-14(18)10-22-12-8-6-11(2)7-9-12/h5-6,8H,1,7,9-10H2,2-4H3,(H,17,18)/b15-13+. The lowest BCUT2D eigenvalue weighted by Gasteiger charge is -2.13. The maximum absolute atomic E-state index is 12.0. The highest BCUT2D eigenvalue weighted by Crippen LogP contribution is 2.27. The second-order valence-corrected chi connectivity index (χ2v) is 6.54. The molecule has 0 saturated carbocycles. The van der Waals surface area contributed by atoms with Crippen LogP contribution in [-0.4, -0.2) is 31.0 Å². The Labute approximate surface area is 140 Å². The monoisotopic (exact) mass is 339 g/mol. The van der Waals surface area contributed by atoms with Gasteiger partial charge in [-0.3, -0.25) is 4.79 Å². The molecular formula is C16H21NO3S2. The van der Waals surface area contributed by atoms with Gasteiger partial charge >= 0.3 is 5.97 Å². The van der Waals surface area contributed by atoms with Gasteiger partial charge in [0, 0.05) is 0 Å². The van der Waals surface area contributed by atoms with Gasteiger partial charge < -0.3 is 10.1 Å². The highest BCUT2D eigenvalue weighted by atomic mass is 32.2. The third-order valence-electron chi connectivity index (χ3n) is 3.01. The average Bonchev–Trinajstić information content (AvgIpc) is 2.53. The van der Waals surface area contributed by atoms with Crippen molar-refractivity contribution in [2.75, 3.05) is 19.1 Å². The predicted molar refractivity (Wildman–Crippen MR) is 94.4 cm³/mol. The van der Waals surface area contributed by atoms with Gasteiger partial charge in [-0.05, 0) is 37.0 Å². The summed E-state index contributed by atoms with van der Waals surface area (Å²) in [5.41, 5.74) is 1.74. The summed E-state index contributed by atoms with van der Waals surface area (Å²) < 4.78 is 4.70. The molecule has 0 atom stereocenters. The molecule has 1 rings (SSSR count). The van der Waals surface area contributed by atoms with Crippen molar-refractivity contribution >= 4 is 35.4 Å². The van der Waals surface area contributed by atoms with E-state index >= 15 is 0 Å². The minimum Gasteiger partial charge on any atom is -0.465 e. The normalized spacial score (nSPS) is 15.2. The zero-order valence-corrected chi connectivity index (χ0v) is 14.7. The number of thioether (sulfide) groups is 2. The molecule has 0 aromatic rings. The third kappa shape index (κ3) is 5.77. The van der Waals surface area contributed by atoms with Crippen LogP contribution in [0.1, 0.15) is 19.8 Å². The fourth-order valence-corrected chi connectivity index (χ4v) is 3.19. The number of esters is 1. The molecule has 0 aromatic heterocycles. The molecule has 0 saturated heterocycles. The minimum atomic E-state index is -0.481. The lowest BCUT2D eigenvalue weighted by Crippen LogP contribution is -2.26. The minimum absolute atomic E-state index is 0.164. The van der Waals surface area contributed by atoms with Gasteiger partial charge in [-0.2, -0.15) is 0 Å². The summed E-state index contributed by atoms with van der Waals surface area (Å²) in [4.78, 5) is 25.2. The summed E-state index contributed by atoms with van der Waals surface area (Å²) in [6.45, 7) is 5.74. The van der Waals surface area contributed by atoms with E-state index in [1.165, 1.54) is 47.2 Å². The zero-order chi connectivity index (χ0) is 16.5. The molecule has 1 amide bonds. The van der Waals surface area contributed by atoms with Crippen molar-refractivity contribution in [3.63, 3.8) is 0 Å². The Morgan fingerprint density at radius 1 is 1.41 bits per heavy atom. The molecule has 0 heterocycles. The Balaban J connectivity index is 2.64. The van der Waals surface area contributed by atoms with Gasteiger partial charge in [0.2, 0.25) is 5.91 Å². The van der Waals surface area contributed by atoms with E-state index < -0.39 is 5.97 Å². The third-order valence-corrected chi connectivity index (χ3v) is 4.92. The van der Waals surface area contributed by atoms with Crippen LogP contribution in [0.5, 0.6) is 0 Å². The molecule has 1 aliphatic carbocycles. The van der Waals surface area contributed by atoms with Crippen LogP contribution in [0.3, 0.4) is 0 Å². The van der Waals surface area contributed by atoms with Crippen LogP contribution >= 0.6 is 23.5 Å². The molecule has 4 nitrogen and oxygen atoms in total. The molecule has 0 aliphatic heterocycles.